The van der Waals surface area contributed by atoms with Gasteiger partial charge in [-0.3, -0.25) is 4.79 Å². The SMILES string of the molecule is NCCOCCOCCOCCOCCOCCOCCOCCNC(=O)CCCC[C@@H]1SC[C@@H]2NC(=O)N[C@H]21. The highest BCUT2D eigenvalue weighted by atomic mass is 32.2. The summed E-state index contributed by atoms with van der Waals surface area (Å²) in [6.45, 7) is 8.13. The molecular weight excluding hydrogens is 544 g/mol. The second kappa shape index (κ2) is 24.4. The molecule has 2 saturated heterocycles. The molecule has 0 aliphatic carbocycles. The van der Waals surface area contributed by atoms with E-state index in [-0.39, 0.29) is 24.0 Å². The molecular formula is C26H50N4O9S. The first-order valence-corrected chi connectivity index (χ1v) is 15.4. The van der Waals surface area contributed by atoms with E-state index in [9.17, 15) is 9.59 Å². The van der Waals surface area contributed by atoms with Crippen LogP contribution >= 0.6 is 11.8 Å². The maximum atomic E-state index is 12.0. The summed E-state index contributed by atoms with van der Waals surface area (Å²) in [5.41, 5.74) is 5.32. The van der Waals surface area contributed by atoms with E-state index in [1.165, 1.54) is 0 Å². The fourth-order valence-corrected chi connectivity index (χ4v) is 5.67. The van der Waals surface area contributed by atoms with Crippen LogP contribution in [0.2, 0.25) is 0 Å². The summed E-state index contributed by atoms with van der Waals surface area (Å²) in [5.74, 6) is 1.01. The zero-order chi connectivity index (χ0) is 28.5. The van der Waals surface area contributed by atoms with Crippen LogP contribution < -0.4 is 21.7 Å². The van der Waals surface area contributed by atoms with Crippen molar-refractivity contribution >= 4 is 23.7 Å². The second-order valence-electron chi connectivity index (χ2n) is 9.29. The number of ether oxygens (including phenoxy) is 7. The quantitative estimate of drug-likeness (QED) is 0.0708. The Kier molecular flexibility index (Phi) is 21.3. The molecule has 0 bridgehead atoms. The molecule has 2 fully saturated rings. The Morgan fingerprint density at radius 3 is 1.77 bits per heavy atom. The molecule has 40 heavy (non-hydrogen) atoms. The Labute approximate surface area is 242 Å². The number of carbonyl (C=O) groups excluding carboxylic acids is 2. The van der Waals surface area contributed by atoms with Gasteiger partial charge in [-0.15, -0.1) is 0 Å². The lowest BCUT2D eigenvalue weighted by molar-refractivity contribution is -0.121. The van der Waals surface area contributed by atoms with Gasteiger partial charge in [0.05, 0.1) is 105 Å². The number of hydrogen-bond acceptors (Lipinski definition) is 11. The Bertz CT molecular complexity index is 653. The van der Waals surface area contributed by atoms with Gasteiger partial charge in [-0.2, -0.15) is 11.8 Å². The molecule has 0 radical (unpaired) electrons. The normalized spacial score (nSPS) is 19.9. The van der Waals surface area contributed by atoms with E-state index in [2.05, 4.69) is 16.0 Å². The molecule has 2 rings (SSSR count). The minimum atomic E-state index is -0.0573. The predicted octanol–water partition coefficient (Wildman–Crippen LogP) is -0.0967. The number of amides is 3. The number of nitrogens with one attached hydrogen (secondary N) is 3. The minimum Gasteiger partial charge on any atom is -0.378 e. The number of rotatable bonds is 28. The highest BCUT2D eigenvalue weighted by molar-refractivity contribution is 8.00. The molecule has 13 nitrogen and oxygen atoms in total. The molecule has 0 spiro atoms. The van der Waals surface area contributed by atoms with Crippen LogP contribution in [0.15, 0.2) is 0 Å². The average Bonchev–Trinajstić information content (AvgIpc) is 3.50. The summed E-state index contributed by atoms with van der Waals surface area (Å²) in [4.78, 5) is 23.4. The van der Waals surface area contributed by atoms with Gasteiger partial charge in [-0.1, -0.05) is 6.42 Å². The molecule has 0 aromatic heterocycles. The number of thioether (sulfide) groups is 1. The standard InChI is InChI=1S/C26H50N4O9S/c27-5-7-33-9-11-35-13-15-37-17-19-39-20-18-38-16-14-36-12-10-34-8-6-28-24(31)4-2-1-3-23-25-22(21-40-23)29-26(32)30-25/h22-23,25H,1-21,27H2,(H,28,31)(H2,29,30,32)/t22-,23-,25+/m0/s1. The van der Waals surface area contributed by atoms with Crippen LogP contribution in [0.25, 0.3) is 0 Å². The molecule has 2 aliphatic heterocycles. The van der Waals surface area contributed by atoms with Crippen LogP contribution in [0.4, 0.5) is 4.79 Å². The third-order valence-electron chi connectivity index (χ3n) is 6.14. The maximum absolute atomic E-state index is 12.0. The highest BCUT2D eigenvalue weighted by Crippen LogP contribution is 2.33. The summed E-state index contributed by atoms with van der Waals surface area (Å²) in [6.07, 6.45) is 3.36. The number of unbranched alkanes of at least 4 members (excludes halogenated alkanes) is 1. The fourth-order valence-electron chi connectivity index (χ4n) is 4.13. The zero-order valence-corrected chi connectivity index (χ0v) is 24.6. The van der Waals surface area contributed by atoms with E-state index in [1.807, 2.05) is 11.8 Å². The number of hydrogen-bond donors (Lipinski definition) is 4. The number of urea groups is 1. The molecule has 2 aliphatic rings. The monoisotopic (exact) mass is 594 g/mol. The Morgan fingerprint density at radius 1 is 0.750 bits per heavy atom. The average molecular weight is 595 g/mol. The topological polar surface area (TPSA) is 161 Å². The number of fused-ring (bicyclic) bond motifs is 1. The molecule has 234 valence electrons. The van der Waals surface area contributed by atoms with Crippen molar-refractivity contribution in [1.29, 1.82) is 0 Å². The molecule has 2 heterocycles. The molecule has 0 unspecified atom stereocenters. The summed E-state index contributed by atoms with van der Waals surface area (Å²) in [5, 5.41) is 9.28. The van der Waals surface area contributed by atoms with Gasteiger partial charge in [0.15, 0.2) is 0 Å². The van der Waals surface area contributed by atoms with Crippen LogP contribution in [0.1, 0.15) is 25.7 Å². The molecule has 5 N–H and O–H groups in total. The van der Waals surface area contributed by atoms with Gasteiger partial charge >= 0.3 is 6.03 Å². The van der Waals surface area contributed by atoms with Gasteiger partial charge in [0.1, 0.15) is 0 Å². The van der Waals surface area contributed by atoms with Crippen molar-refractivity contribution in [2.45, 2.75) is 43.0 Å². The zero-order valence-electron chi connectivity index (χ0n) is 23.7. The Hall–Kier alpha value is -1.23. The van der Waals surface area contributed by atoms with Gasteiger partial charge in [0, 0.05) is 30.5 Å². The Balaban J connectivity index is 1.21. The van der Waals surface area contributed by atoms with E-state index in [0.717, 1.165) is 25.0 Å². The summed E-state index contributed by atoms with van der Waals surface area (Å²) >= 11 is 1.90. The second-order valence-corrected chi connectivity index (χ2v) is 10.6. The van der Waals surface area contributed by atoms with Crippen LogP contribution in [0.3, 0.4) is 0 Å². The number of nitrogens with two attached hydrogens (primary N) is 1. The molecule has 3 amide bonds. The van der Waals surface area contributed by atoms with Crippen molar-refractivity contribution < 1.29 is 42.7 Å². The van der Waals surface area contributed by atoms with E-state index < -0.39 is 0 Å². The third kappa shape index (κ3) is 17.6. The summed E-state index contributed by atoms with van der Waals surface area (Å²) in [7, 11) is 0. The first kappa shape index (κ1) is 35.0. The van der Waals surface area contributed by atoms with Crippen LogP contribution in [-0.2, 0) is 38.0 Å². The number of carbonyl (C=O) groups is 2. The highest BCUT2D eigenvalue weighted by Gasteiger charge is 2.42. The van der Waals surface area contributed by atoms with Crippen LogP contribution in [0, 0.1) is 0 Å². The fraction of sp³-hybridized carbons (Fsp3) is 0.923. The van der Waals surface area contributed by atoms with Gasteiger partial charge in [0.2, 0.25) is 5.91 Å². The van der Waals surface area contributed by atoms with Gasteiger partial charge in [-0.05, 0) is 12.8 Å². The van der Waals surface area contributed by atoms with Crippen molar-refractivity contribution in [2.75, 3.05) is 111 Å². The van der Waals surface area contributed by atoms with Crippen molar-refractivity contribution in [1.82, 2.24) is 16.0 Å². The summed E-state index contributed by atoms with van der Waals surface area (Å²) in [6, 6.07) is 0.423. The molecule has 3 atom stereocenters. The van der Waals surface area contributed by atoms with Gasteiger partial charge < -0.3 is 54.8 Å². The van der Waals surface area contributed by atoms with E-state index in [0.29, 0.717) is 117 Å². The van der Waals surface area contributed by atoms with E-state index in [1.54, 1.807) is 0 Å². The molecule has 0 saturated carbocycles. The lowest BCUT2D eigenvalue weighted by atomic mass is 10.0. The Morgan fingerprint density at radius 2 is 1.25 bits per heavy atom. The van der Waals surface area contributed by atoms with E-state index >= 15 is 0 Å². The van der Waals surface area contributed by atoms with Crippen molar-refractivity contribution in [2.24, 2.45) is 5.73 Å². The maximum Gasteiger partial charge on any atom is 0.315 e. The van der Waals surface area contributed by atoms with Crippen molar-refractivity contribution in [3.05, 3.63) is 0 Å². The third-order valence-corrected chi connectivity index (χ3v) is 7.65. The smallest absolute Gasteiger partial charge is 0.315 e. The largest absolute Gasteiger partial charge is 0.378 e. The van der Waals surface area contributed by atoms with Crippen LogP contribution in [-0.4, -0.2) is 141 Å². The molecule has 0 aromatic rings. The first-order valence-electron chi connectivity index (χ1n) is 14.4. The first-order chi connectivity index (χ1) is 19.7. The summed E-state index contributed by atoms with van der Waals surface area (Å²) < 4.78 is 37.8. The van der Waals surface area contributed by atoms with Crippen molar-refractivity contribution in [3.63, 3.8) is 0 Å². The van der Waals surface area contributed by atoms with Gasteiger partial charge in [0.25, 0.3) is 0 Å². The van der Waals surface area contributed by atoms with E-state index in [4.69, 9.17) is 38.9 Å². The molecule has 0 aromatic carbocycles. The lowest BCUT2D eigenvalue weighted by Gasteiger charge is -2.16. The van der Waals surface area contributed by atoms with Gasteiger partial charge in [-0.25, -0.2) is 4.79 Å². The van der Waals surface area contributed by atoms with Crippen molar-refractivity contribution in [3.8, 4) is 0 Å². The predicted molar refractivity (Wildman–Crippen MR) is 152 cm³/mol. The van der Waals surface area contributed by atoms with Crippen LogP contribution in [0.5, 0.6) is 0 Å². The lowest BCUT2D eigenvalue weighted by Crippen LogP contribution is -2.36. The molecule has 14 heteroatoms. The minimum absolute atomic E-state index is 0.0483.